The number of phenolic OH excluding ortho intramolecular Hbond substituents is 1. The fraction of sp³-hybridized carbons (Fsp3) is 0.421. The number of aromatic hydroxyl groups is 1. The lowest BCUT2D eigenvalue weighted by Gasteiger charge is -2.28. The molecule has 0 bridgehead atoms. The molecule has 0 spiro atoms. The van der Waals surface area contributed by atoms with Crippen LogP contribution in [0.2, 0.25) is 0 Å². The van der Waals surface area contributed by atoms with Gasteiger partial charge in [-0.3, -0.25) is 0 Å². The van der Waals surface area contributed by atoms with Crippen molar-refractivity contribution < 1.29 is 5.11 Å². The van der Waals surface area contributed by atoms with E-state index in [9.17, 15) is 10.4 Å². The van der Waals surface area contributed by atoms with Crippen LogP contribution in [-0.4, -0.2) is 28.7 Å². The third-order valence-electron chi connectivity index (χ3n) is 4.95. The van der Waals surface area contributed by atoms with Crippen LogP contribution in [0.25, 0.3) is 11.4 Å². The summed E-state index contributed by atoms with van der Waals surface area (Å²) in [6, 6.07) is 9.07. The fourth-order valence-corrected chi connectivity index (χ4v) is 3.62. The maximum atomic E-state index is 10.1. The van der Waals surface area contributed by atoms with Gasteiger partial charge in [0, 0.05) is 5.92 Å². The molecule has 0 aliphatic heterocycles. The molecule has 0 atom stereocenters. The van der Waals surface area contributed by atoms with Gasteiger partial charge >= 0.3 is 0 Å². The van der Waals surface area contributed by atoms with Crippen molar-refractivity contribution in [2.45, 2.75) is 31.6 Å². The van der Waals surface area contributed by atoms with Crippen LogP contribution < -0.4 is 11.1 Å². The van der Waals surface area contributed by atoms with E-state index in [0.29, 0.717) is 22.9 Å². The van der Waals surface area contributed by atoms with Crippen LogP contribution >= 0.6 is 0 Å². The first-order valence-electron chi connectivity index (χ1n) is 8.64. The van der Waals surface area contributed by atoms with E-state index in [4.69, 9.17) is 5.73 Å². The first-order valence-corrected chi connectivity index (χ1v) is 8.64. The highest BCUT2D eigenvalue weighted by Gasteiger charge is 2.27. The molecule has 1 aromatic carbocycles. The first kappa shape index (κ1) is 17.2. The minimum absolute atomic E-state index is 0.107. The van der Waals surface area contributed by atoms with Crippen LogP contribution in [0.15, 0.2) is 24.3 Å². The lowest BCUT2D eigenvalue weighted by molar-refractivity contribution is 0.316. The summed E-state index contributed by atoms with van der Waals surface area (Å²) in [5.74, 6) is 1.54. The zero-order valence-corrected chi connectivity index (χ0v) is 14.4. The Morgan fingerprint density at radius 3 is 2.60 bits per heavy atom. The Kier molecular flexibility index (Phi) is 5.15. The molecule has 0 amide bonds. The smallest absolute Gasteiger partial charge is 0.165 e. The lowest BCUT2D eigenvalue weighted by atomic mass is 9.79. The number of nitrogen functional groups attached to an aromatic ring is 1. The molecule has 25 heavy (non-hydrogen) atoms. The van der Waals surface area contributed by atoms with E-state index in [1.807, 2.05) is 13.1 Å². The molecule has 1 saturated carbocycles. The minimum atomic E-state index is 0.107. The summed E-state index contributed by atoms with van der Waals surface area (Å²) < 4.78 is 0. The van der Waals surface area contributed by atoms with Crippen molar-refractivity contribution in [1.29, 1.82) is 5.26 Å². The molecule has 4 N–H and O–H groups in total. The Bertz CT molecular complexity index is 791. The van der Waals surface area contributed by atoms with Crippen molar-refractivity contribution in [3.63, 3.8) is 0 Å². The fourth-order valence-electron chi connectivity index (χ4n) is 3.62. The molecule has 1 aromatic heterocycles. The van der Waals surface area contributed by atoms with Crippen LogP contribution in [0.4, 0.5) is 5.82 Å². The molecule has 1 heterocycles. The molecule has 1 aliphatic rings. The molecule has 0 radical (unpaired) electrons. The number of phenols is 1. The second kappa shape index (κ2) is 7.49. The Balaban J connectivity index is 1.96. The SMILES string of the molecule is CNCC1CCC(c2nc(-c3ccccc3O)nc(N)c2C#N)CC1. The van der Waals surface area contributed by atoms with Crippen molar-refractivity contribution in [3.05, 3.63) is 35.5 Å². The lowest BCUT2D eigenvalue weighted by Crippen LogP contribution is -2.24. The minimum Gasteiger partial charge on any atom is -0.507 e. The summed E-state index contributed by atoms with van der Waals surface area (Å²) in [6.45, 7) is 1.02. The van der Waals surface area contributed by atoms with Gasteiger partial charge in [0.05, 0.1) is 11.3 Å². The second-order valence-electron chi connectivity index (χ2n) is 6.60. The molecule has 6 heteroatoms. The van der Waals surface area contributed by atoms with Crippen LogP contribution in [0, 0.1) is 17.2 Å². The van der Waals surface area contributed by atoms with Crippen molar-refractivity contribution in [2.75, 3.05) is 19.3 Å². The van der Waals surface area contributed by atoms with E-state index in [2.05, 4.69) is 21.4 Å². The van der Waals surface area contributed by atoms with Gasteiger partial charge in [0.25, 0.3) is 0 Å². The summed E-state index contributed by atoms with van der Waals surface area (Å²) in [4.78, 5) is 8.89. The van der Waals surface area contributed by atoms with E-state index in [1.54, 1.807) is 18.2 Å². The summed E-state index contributed by atoms with van der Waals surface area (Å²) in [5.41, 5.74) is 7.66. The average molecular weight is 337 g/mol. The largest absolute Gasteiger partial charge is 0.507 e. The van der Waals surface area contributed by atoms with Crippen LogP contribution in [0.1, 0.15) is 42.9 Å². The number of aromatic nitrogens is 2. The van der Waals surface area contributed by atoms with Crippen molar-refractivity contribution in [2.24, 2.45) is 5.92 Å². The molecule has 2 aromatic rings. The van der Waals surface area contributed by atoms with Gasteiger partial charge in [-0.15, -0.1) is 0 Å². The van der Waals surface area contributed by atoms with E-state index in [1.165, 1.54) is 0 Å². The summed E-state index contributed by atoms with van der Waals surface area (Å²) in [5, 5.41) is 22.8. The van der Waals surface area contributed by atoms with E-state index in [-0.39, 0.29) is 17.5 Å². The van der Waals surface area contributed by atoms with Gasteiger partial charge in [-0.2, -0.15) is 5.26 Å². The molecule has 1 fully saturated rings. The van der Waals surface area contributed by atoms with Crippen molar-refractivity contribution >= 4 is 5.82 Å². The maximum Gasteiger partial charge on any atom is 0.165 e. The Hall–Kier alpha value is -2.65. The van der Waals surface area contributed by atoms with E-state index in [0.717, 1.165) is 37.9 Å². The molecular formula is C19H23N5O. The highest BCUT2D eigenvalue weighted by atomic mass is 16.3. The number of nitrogens with two attached hydrogens (primary N) is 1. The molecule has 6 nitrogen and oxygen atoms in total. The summed E-state index contributed by atoms with van der Waals surface area (Å²) >= 11 is 0. The third-order valence-corrected chi connectivity index (χ3v) is 4.95. The Morgan fingerprint density at radius 1 is 1.24 bits per heavy atom. The highest BCUT2D eigenvalue weighted by molar-refractivity contribution is 5.66. The number of nitrogens with one attached hydrogen (secondary N) is 1. The molecule has 3 rings (SSSR count). The molecule has 0 unspecified atom stereocenters. The molecule has 130 valence electrons. The number of benzene rings is 1. The van der Waals surface area contributed by atoms with Gasteiger partial charge in [-0.05, 0) is 57.3 Å². The topological polar surface area (TPSA) is 108 Å². The third kappa shape index (κ3) is 3.57. The van der Waals surface area contributed by atoms with Gasteiger partial charge in [0.2, 0.25) is 0 Å². The number of anilines is 1. The monoisotopic (exact) mass is 337 g/mol. The number of hydrogen-bond donors (Lipinski definition) is 3. The maximum absolute atomic E-state index is 10.1. The molecule has 0 saturated heterocycles. The zero-order valence-electron chi connectivity index (χ0n) is 14.4. The predicted octanol–water partition coefficient (Wildman–Crippen LogP) is 2.80. The average Bonchev–Trinajstić information content (AvgIpc) is 2.62. The van der Waals surface area contributed by atoms with Crippen molar-refractivity contribution in [3.8, 4) is 23.2 Å². The first-order chi connectivity index (χ1) is 12.1. The number of para-hydroxylation sites is 1. The van der Waals surface area contributed by atoms with Crippen LogP contribution in [0.3, 0.4) is 0 Å². The van der Waals surface area contributed by atoms with Crippen LogP contribution in [0.5, 0.6) is 5.75 Å². The number of nitrogens with zero attached hydrogens (tertiary/aromatic N) is 3. The number of nitriles is 1. The van der Waals surface area contributed by atoms with Gasteiger partial charge in [0.15, 0.2) is 5.82 Å². The quantitative estimate of drug-likeness (QED) is 0.792. The highest BCUT2D eigenvalue weighted by Crippen LogP contribution is 2.38. The summed E-state index contributed by atoms with van der Waals surface area (Å²) in [7, 11) is 1.98. The molecule has 1 aliphatic carbocycles. The van der Waals surface area contributed by atoms with Gasteiger partial charge in [-0.25, -0.2) is 9.97 Å². The Morgan fingerprint density at radius 2 is 1.96 bits per heavy atom. The standard InChI is InChI=1S/C19H23N5O/c1-22-11-12-6-8-13(9-7-12)17-15(10-20)18(21)24-19(23-17)14-4-2-3-5-16(14)25/h2-5,12-13,22,25H,6-9,11H2,1H3,(H2,21,23,24). The summed E-state index contributed by atoms with van der Waals surface area (Å²) in [6.07, 6.45) is 4.17. The number of rotatable bonds is 4. The number of hydrogen-bond acceptors (Lipinski definition) is 6. The van der Waals surface area contributed by atoms with Crippen LogP contribution in [-0.2, 0) is 0 Å². The normalized spacial score (nSPS) is 20.2. The van der Waals surface area contributed by atoms with Gasteiger partial charge in [-0.1, -0.05) is 12.1 Å². The Labute approximate surface area is 147 Å². The van der Waals surface area contributed by atoms with Crippen molar-refractivity contribution in [1.82, 2.24) is 15.3 Å². The van der Waals surface area contributed by atoms with E-state index >= 15 is 0 Å². The van der Waals surface area contributed by atoms with Gasteiger partial charge < -0.3 is 16.2 Å². The molecular weight excluding hydrogens is 314 g/mol. The zero-order chi connectivity index (χ0) is 17.8. The van der Waals surface area contributed by atoms with Gasteiger partial charge in [0.1, 0.15) is 23.2 Å². The second-order valence-corrected chi connectivity index (χ2v) is 6.60. The predicted molar refractivity (Wildman–Crippen MR) is 96.9 cm³/mol. The van der Waals surface area contributed by atoms with E-state index < -0.39 is 0 Å².